The summed E-state index contributed by atoms with van der Waals surface area (Å²) in [7, 11) is 1.67. The maximum Gasteiger partial charge on any atom is 0.322 e. The molecule has 5 heteroatoms. The molecule has 4 aromatic rings. The molecule has 5 rings (SSSR count). The normalized spacial score (nSPS) is 12.8. The lowest BCUT2D eigenvalue weighted by molar-refractivity contribution is 0.212. The third kappa shape index (κ3) is 3.21. The average molecular weight is 383 g/mol. The largest absolute Gasteiger partial charge is 0.497 e. The first-order valence-electron chi connectivity index (χ1n) is 9.59. The second-order valence-electron chi connectivity index (χ2n) is 7.25. The lowest BCUT2D eigenvalue weighted by Gasteiger charge is -2.16. The predicted molar refractivity (Wildman–Crippen MR) is 115 cm³/mol. The summed E-state index contributed by atoms with van der Waals surface area (Å²) < 4.78 is 5.33. The van der Waals surface area contributed by atoms with Gasteiger partial charge < -0.3 is 19.9 Å². The summed E-state index contributed by atoms with van der Waals surface area (Å²) in [6, 6.07) is 22.3. The highest BCUT2D eigenvalue weighted by Gasteiger charge is 2.24. The summed E-state index contributed by atoms with van der Waals surface area (Å²) in [5.41, 5.74) is 6.41. The molecule has 2 heterocycles. The number of aromatic amines is 1. The van der Waals surface area contributed by atoms with Crippen molar-refractivity contribution in [2.75, 3.05) is 12.4 Å². The molecule has 5 nitrogen and oxygen atoms in total. The SMILES string of the molecule is COc1cccc(-c2ccc3c(c2)CN(C(=O)Nc2c[nH]c4ccccc24)C3)c1. The zero-order valence-electron chi connectivity index (χ0n) is 16.1. The number of fused-ring (bicyclic) bond motifs is 2. The second kappa shape index (κ2) is 7.02. The number of aromatic nitrogens is 1. The van der Waals surface area contributed by atoms with Gasteiger partial charge in [-0.2, -0.15) is 0 Å². The van der Waals surface area contributed by atoms with E-state index in [1.807, 2.05) is 53.6 Å². The van der Waals surface area contributed by atoms with Crippen molar-refractivity contribution in [3.05, 3.63) is 84.1 Å². The van der Waals surface area contributed by atoms with E-state index in [1.54, 1.807) is 7.11 Å². The van der Waals surface area contributed by atoms with Crippen molar-refractivity contribution >= 4 is 22.6 Å². The third-order valence-corrected chi connectivity index (χ3v) is 5.45. The molecule has 0 aliphatic carbocycles. The Morgan fingerprint density at radius 1 is 0.966 bits per heavy atom. The number of hydrogen-bond donors (Lipinski definition) is 2. The smallest absolute Gasteiger partial charge is 0.322 e. The van der Waals surface area contributed by atoms with Crippen LogP contribution in [0.25, 0.3) is 22.0 Å². The second-order valence-corrected chi connectivity index (χ2v) is 7.25. The van der Waals surface area contributed by atoms with Gasteiger partial charge in [0.25, 0.3) is 0 Å². The van der Waals surface area contributed by atoms with Gasteiger partial charge >= 0.3 is 6.03 Å². The van der Waals surface area contributed by atoms with Gasteiger partial charge in [0.15, 0.2) is 0 Å². The Labute approximate surface area is 168 Å². The van der Waals surface area contributed by atoms with Gasteiger partial charge in [-0.15, -0.1) is 0 Å². The molecule has 3 aromatic carbocycles. The van der Waals surface area contributed by atoms with Crippen LogP contribution in [0.1, 0.15) is 11.1 Å². The van der Waals surface area contributed by atoms with Crippen LogP contribution < -0.4 is 10.1 Å². The van der Waals surface area contributed by atoms with Gasteiger partial charge in [0.2, 0.25) is 0 Å². The van der Waals surface area contributed by atoms with Crippen molar-refractivity contribution in [2.45, 2.75) is 13.1 Å². The van der Waals surface area contributed by atoms with Crippen molar-refractivity contribution in [3.63, 3.8) is 0 Å². The summed E-state index contributed by atoms with van der Waals surface area (Å²) in [5.74, 6) is 0.836. The molecule has 0 spiro atoms. The van der Waals surface area contributed by atoms with E-state index in [-0.39, 0.29) is 6.03 Å². The molecule has 0 fully saturated rings. The molecule has 0 saturated heterocycles. The minimum Gasteiger partial charge on any atom is -0.497 e. The quantitative estimate of drug-likeness (QED) is 0.498. The molecular weight excluding hydrogens is 362 g/mol. The van der Waals surface area contributed by atoms with Crippen LogP contribution in [0.2, 0.25) is 0 Å². The van der Waals surface area contributed by atoms with Crippen molar-refractivity contribution in [1.29, 1.82) is 0 Å². The van der Waals surface area contributed by atoms with Gasteiger partial charge in [-0.25, -0.2) is 4.79 Å². The molecule has 1 aromatic heterocycles. The predicted octanol–water partition coefficient (Wildman–Crippen LogP) is 5.39. The number of nitrogens with one attached hydrogen (secondary N) is 2. The fraction of sp³-hybridized carbons (Fsp3) is 0.125. The van der Waals surface area contributed by atoms with Crippen LogP contribution in [-0.2, 0) is 13.1 Å². The van der Waals surface area contributed by atoms with Crippen molar-refractivity contribution in [3.8, 4) is 16.9 Å². The monoisotopic (exact) mass is 383 g/mol. The maximum absolute atomic E-state index is 12.8. The minimum atomic E-state index is -0.0890. The highest BCUT2D eigenvalue weighted by atomic mass is 16.5. The Hall–Kier alpha value is -3.73. The number of methoxy groups -OCH3 is 1. The summed E-state index contributed by atoms with van der Waals surface area (Å²) in [6.07, 6.45) is 1.84. The zero-order chi connectivity index (χ0) is 19.8. The number of H-pyrrole nitrogens is 1. The summed E-state index contributed by atoms with van der Waals surface area (Å²) in [6.45, 7) is 1.21. The van der Waals surface area contributed by atoms with Crippen LogP contribution in [0, 0.1) is 0 Å². The zero-order valence-corrected chi connectivity index (χ0v) is 16.1. The van der Waals surface area contributed by atoms with Gasteiger partial charge in [0, 0.05) is 30.2 Å². The highest BCUT2D eigenvalue weighted by molar-refractivity contribution is 6.01. The number of ether oxygens (including phenoxy) is 1. The van der Waals surface area contributed by atoms with E-state index >= 15 is 0 Å². The molecule has 1 aliphatic heterocycles. The summed E-state index contributed by atoms with van der Waals surface area (Å²) in [4.78, 5) is 17.9. The van der Waals surface area contributed by atoms with Crippen molar-refractivity contribution in [1.82, 2.24) is 9.88 Å². The van der Waals surface area contributed by atoms with Crippen LogP contribution in [-0.4, -0.2) is 23.0 Å². The van der Waals surface area contributed by atoms with Gasteiger partial charge in [0.1, 0.15) is 5.75 Å². The number of nitrogens with zero attached hydrogens (tertiary/aromatic N) is 1. The van der Waals surface area contributed by atoms with Crippen LogP contribution in [0.5, 0.6) is 5.75 Å². The Morgan fingerprint density at radius 2 is 1.79 bits per heavy atom. The molecule has 0 unspecified atom stereocenters. The number of anilines is 1. The fourth-order valence-corrected chi connectivity index (χ4v) is 3.89. The molecule has 0 atom stereocenters. The third-order valence-electron chi connectivity index (χ3n) is 5.45. The highest BCUT2D eigenvalue weighted by Crippen LogP contribution is 2.31. The lowest BCUT2D eigenvalue weighted by atomic mass is 10.0. The van der Waals surface area contributed by atoms with E-state index in [9.17, 15) is 4.79 Å². The maximum atomic E-state index is 12.8. The molecule has 2 amide bonds. The fourth-order valence-electron chi connectivity index (χ4n) is 3.89. The molecule has 144 valence electrons. The van der Waals surface area contributed by atoms with Crippen LogP contribution >= 0.6 is 0 Å². The van der Waals surface area contributed by atoms with Gasteiger partial charge in [0.05, 0.1) is 12.8 Å². The molecule has 0 radical (unpaired) electrons. The Kier molecular flexibility index (Phi) is 4.21. The Morgan fingerprint density at radius 3 is 2.69 bits per heavy atom. The van der Waals surface area contributed by atoms with E-state index in [2.05, 4.69) is 34.6 Å². The minimum absolute atomic E-state index is 0.0890. The van der Waals surface area contributed by atoms with Gasteiger partial charge in [-0.3, -0.25) is 0 Å². The van der Waals surface area contributed by atoms with Crippen molar-refractivity contribution < 1.29 is 9.53 Å². The number of carbonyl (C=O) groups is 1. The molecule has 29 heavy (non-hydrogen) atoms. The van der Waals surface area contributed by atoms with Crippen LogP contribution in [0.15, 0.2) is 72.9 Å². The standard InChI is InChI=1S/C24H21N3O2/c1-29-20-6-4-5-16(12-20)17-9-10-18-14-27(15-19(18)11-17)24(28)26-23-13-25-22-8-3-2-7-21(22)23/h2-13,25H,14-15H2,1H3,(H,26,28). The van der Waals surface area contributed by atoms with Crippen molar-refractivity contribution in [2.24, 2.45) is 0 Å². The average Bonchev–Trinajstić information content (AvgIpc) is 3.37. The number of para-hydroxylation sites is 1. The molecule has 0 bridgehead atoms. The molecule has 1 aliphatic rings. The van der Waals surface area contributed by atoms with E-state index < -0.39 is 0 Å². The summed E-state index contributed by atoms with van der Waals surface area (Å²) in [5, 5.41) is 4.05. The van der Waals surface area contributed by atoms with Crippen LogP contribution in [0.4, 0.5) is 10.5 Å². The first-order chi connectivity index (χ1) is 14.2. The Bertz CT molecular complexity index is 1210. The van der Waals surface area contributed by atoms with Gasteiger partial charge in [-0.1, -0.05) is 42.5 Å². The molecular formula is C24H21N3O2. The van der Waals surface area contributed by atoms with Crippen LogP contribution in [0.3, 0.4) is 0 Å². The number of benzene rings is 3. The Balaban J connectivity index is 1.35. The van der Waals surface area contributed by atoms with E-state index in [4.69, 9.17) is 4.74 Å². The molecule has 0 saturated carbocycles. The van der Waals surface area contributed by atoms with E-state index in [0.29, 0.717) is 13.1 Å². The molecule has 2 N–H and O–H groups in total. The number of amides is 2. The summed E-state index contributed by atoms with van der Waals surface area (Å²) >= 11 is 0. The van der Waals surface area contributed by atoms with E-state index in [0.717, 1.165) is 33.5 Å². The number of rotatable bonds is 3. The topological polar surface area (TPSA) is 57.4 Å². The first-order valence-corrected chi connectivity index (χ1v) is 9.59. The number of hydrogen-bond acceptors (Lipinski definition) is 2. The number of urea groups is 1. The van der Waals surface area contributed by atoms with Gasteiger partial charge in [-0.05, 0) is 46.5 Å². The lowest BCUT2D eigenvalue weighted by Crippen LogP contribution is -2.30. The van der Waals surface area contributed by atoms with E-state index in [1.165, 1.54) is 11.1 Å². The number of carbonyl (C=O) groups excluding carboxylic acids is 1. The first kappa shape index (κ1) is 17.4.